The second-order valence-corrected chi connectivity index (χ2v) is 9.91. The van der Waals surface area contributed by atoms with Crippen LogP contribution in [0.2, 0.25) is 0 Å². The summed E-state index contributed by atoms with van der Waals surface area (Å²) in [5.74, 6) is -0.357. The molecule has 200 valence electrons. The number of amides is 2. The zero-order chi connectivity index (χ0) is 26.5. The van der Waals surface area contributed by atoms with Gasteiger partial charge in [-0.2, -0.15) is 0 Å². The fraction of sp³-hybridized carbons (Fsp3) is 0.519. The number of nitrogens with two attached hydrogens (primary N) is 1. The summed E-state index contributed by atoms with van der Waals surface area (Å²) in [7, 11) is 0. The number of rotatable bonds is 7. The molecule has 8 nitrogen and oxygen atoms in total. The molecule has 1 aromatic heterocycles. The predicted octanol–water partition coefficient (Wildman–Crippen LogP) is 3.72. The lowest BCUT2D eigenvalue weighted by atomic mass is 10.0. The summed E-state index contributed by atoms with van der Waals surface area (Å²) in [6.07, 6.45) is 1.80. The maximum absolute atomic E-state index is 14.8. The molecule has 2 saturated heterocycles. The Balaban J connectivity index is 1.30. The van der Waals surface area contributed by atoms with E-state index in [-0.39, 0.29) is 37.2 Å². The van der Waals surface area contributed by atoms with Gasteiger partial charge in [0.2, 0.25) is 11.8 Å². The van der Waals surface area contributed by atoms with Gasteiger partial charge in [0.1, 0.15) is 18.1 Å². The van der Waals surface area contributed by atoms with Crippen molar-refractivity contribution in [1.82, 2.24) is 14.8 Å². The van der Waals surface area contributed by atoms with Crippen molar-refractivity contribution in [2.24, 2.45) is 5.73 Å². The van der Waals surface area contributed by atoms with E-state index >= 15 is 0 Å². The quantitative estimate of drug-likeness (QED) is 0.603. The van der Waals surface area contributed by atoms with E-state index in [0.717, 1.165) is 5.56 Å². The zero-order valence-electron chi connectivity index (χ0n) is 21.2. The average molecular weight is 517 g/mol. The van der Waals surface area contributed by atoms with Gasteiger partial charge in [0.15, 0.2) is 0 Å². The first kappa shape index (κ1) is 26.8. The fourth-order valence-electron chi connectivity index (χ4n) is 4.59. The number of nitrogens with zero attached hydrogens (tertiary/aromatic N) is 3. The van der Waals surface area contributed by atoms with E-state index in [1.165, 1.54) is 11.0 Å². The van der Waals surface area contributed by atoms with Crippen LogP contribution in [0.4, 0.5) is 13.6 Å². The number of likely N-dealkylation sites (tertiary alicyclic amines) is 2. The van der Waals surface area contributed by atoms with Gasteiger partial charge >= 0.3 is 6.09 Å². The van der Waals surface area contributed by atoms with Crippen LogP contribution < -0.4 is 10.5 Å². The van der Waals surface area contributed by atoms with Crippen LogP contribution in [0.3, 0.4) is 0 Å². The predicted molar refractivity (Wildman–Crippen MR) is 134 cm³/mol. The number of ether oxygens (including phenoxy) is 2. The van der Waals surface area contributed by atoms with E-state index in [9.17, 15) is 18.4 Å². The van der Waals surface area contributed by atoms with E-state index in [1.54, 1.807) is 29.3 Å². The highest BCUT2D eigenvalue weighted by Gasteiger charge is 2.29. The van der Waals surface area contributed by atoms with Gasteiger partial charge in [-0.25, -0.2) is 18.6 Å². The lowest BCUT2D eigenvalue weighted by Gasteiger charge is -2.31. The second kappa shape index (κ2) is 11.9. The van der Waals surface area contributed by atoms with E-state index in [4.69, 9.17) is 15.2 Å². The number of hydrogen-bond donors (Lipinski definition) is 1. The number of aromatic nitrogens is 1. The summed E-state index contributed by atoms with van der Waals surface area (Å²) >= 11 is 0. The molecule has 1 aromatic carbocycles. The van der Waals surface area contributed by atoms with Crippen molar-refractivity contribution in [1.29, 1.82) is 0 Å². The number of carbonyl (C=O) groups excluding carboxylic acids is 2. The van der Waals surface area contributed by atoms with Crippen molar-refractivity contribution in [3.8, 4) is 17.0 Å². The molecule has 2 aliphatic heterocycles. The third-order valence-corrected chi connectivity index (χ3v) is 6.65. The molecule has 2 atom stereocenters. The highest BCUT2D eigenvalue weighted by atomic mass is 19.1. The minimum atomic E-state index is -1.02. The van der Waals surface area contributed by atoms with E-state index in [2.05, 4.69) is 4.98 Å². The van der Waals surface area contributed by atoms with Crippen molar-refractivity contribution in [2.75, 3.05) is 26.2 Å². The molecule has 0 aliphatic carbocycles. The fourth-order valence-corrected chi connectivity index (χ4v) is 4.59. The second-order valence-electron chi connectivity index (χ2n) is 9.91. The number of halogens is 2. The van der Waals surface area contributed by atoms with Crippen molar-refractivity contribution in [2.45, 2.75) is 64.0 Å². The largest absolute Gasteiger partial charge is 0.474 e. The molecular formula is C27H34F2N4O4. The molecule has 2 unspecified atom stereocenters. The Morgan fingerprint density at radius 3 is 2.38 bits per heavy atom. The van der Waals surface area contributed by atoms with Crippen LogP contribution in [-0.4, -0.2) is 77.4 Å². The first-order chi connectivity index (χ1) is 17.7. The monoisotopic (exact) mass is 516 g/mol. The van der Waals surface area contributed by atoms with Gasteiger partial charge in [0, 0.05) is 50.3 Å². The van der Waals surface area contributed by atoms with Crippen LogP contribution >= 0.6 is 0 Å². The first-order valence-corrected chi connectivity index (χ1v) is 12.7. The van der Waals surface area contributed by atoms with Gasteiger partial charge < -0.3 is 25.0 Å². The van der Waals surface area contributed by atoms with Gasteiger partial charge in [-0.3, -0.25) is 4.79 Å². The van der Waals surface area contributed by atoms with Gasteiger partial charge in [0.05, 0.1) is 18.7 Å². The third kappa shape index (κ3) is 6.94. The minimum Gasteiger partial charge on any atom is -0.474 e. The van der Waals surface area contributed by atoms with Crippen LogP contribution in [-0.2, 0) is 16.0 Å². The average Bonchev–Trinajstić information content (AvgIpc) is 3.31. The highest BCUT2D eigenvalue weighted by Crippen LogP contribution is 2.25. The molecule has 2 aromatic rings. The molecule has 3 heterocycles. The molecule has 2 fully saturated rings. The standard InChI is InChI=1S/C27H34F2N4O4/c1-17(2)36-27(35)32-11-8-22(9-12-32)37-25-6-5-20(15-31-25)18-3-4-19(23(29)13-18)14-24(30)26(34)33-10-7-21(28)16-33/h3-6,13,15,17,21-22,24H,7-12,14,16,30H2,1-2H3. The molecule has 0 bridgehead atoms. The number of piperidine rings is 1. The van der Waals surface area contributed by atoms with Gasteiger partial charge in [0.25, 0.3) is 0 Å². The molecule has 0 saturated carbocycles. The smallest absolute Gasteiger partial charge is 0.410 e. The lowest BCUT2D eigenvalue weighted by molar-refractivity contribution is -0.131. The number of carbonyl (C=O) groups is 2. The number of benzene rings is 1. The Labute approximate surface area is 215 Å². The molecule has 4 rings (SSSR count). The number of hydrogen-bond acceptors (Lipinski definition) is 6. The summed E-state index contributed by atoms with van der Waals surface area (Å²) in [4.78, 5) is 31.9. The minimum absolute atomic E-state index is 0.0391. The van der Waals surface area contributed by atoms with Crippen molar-refractivity contribution < 1.29 is 27.8 Å². The molecule has 2 aliphatic rings. The van der Waals surface area contributed by atoms with Crippen LogP contribution in [0.25, 0.3) is 11.1 Å². The molecule has 2 amide bonds. The maximum atomic E-state index is 14.8. The normalized spacial score (nSPS) is 19.2. The Morgan fingerprint density at radius 2 is 1.78 bits per heavy atom. The third-order valence-electron chi connectivity index (χ3n) is 6.65. The van der Waals surface area contributed by atoms with Crippen molar-refractivity contribution in [3.05, 3.63) is 47.9 Å². The molecular weight excluding hydrogens is 482 g/mol. The van der Waals surface area contributed by atoms with Crippen molar-refractivity contribution >= 4 is 12.0 Å². The summed E-state index contributed by atoms with van der Waals surface area (Å²) in [6.45, 7) is 5.15. The lowest BCUT2D eigenvalue weighted by Crippen LogP contribution is -2.44. The summed E-state index contributed by atoms with van der Waals surface area (Å²) in [5.41, 5.74) is 7.68. The Kier molecular flexibility index (Phi) is 8.58. The number of alkyl halides is 1. The first-order valence-electron chi connectivity index (χ1n) is 12.7. The van der Waals surface area contributed by atoms with E-state index < -0.39 is 18.0 Å². The highest BCUT2D eigenvalue weighted by molar-refractivity contribution is 5.82. The summed E-state index contributed by atoms with van der Waals surface area (Å²) in [6, 6.07) is 7.39. The molecule has 0 spiro atoms. The zero-order valence-corrected chi connectivity index (χ0v) is 21.2. The Hall–Kier alpha value is -3.27. The van der Waals surface area contributed by atoms with Crippen LogP contribution in [0.5, 0.6) is 5.88 Å². The van der Waals surface area contributed by atoms with E-state index in [1.807, 2.05) is 19.9 Å². The topological polar surface area (TPSA) is 98.0 Å². The number of pyridine rings is 1. The SMILES string of the molecule is CC(C)OC(=O)N1CCC(Oc2ccc(-c3ccc(CC(N)C(=O)N4CCC(F)C4)c(F)c3)cn2)CC1. The molecule has 37 heavy (non-hydrogen) atoms. The Bertz CT molecular complexity index is 1090. The Morgan fingerprint density at radius 1 is 1.08 bits per heavy atom. The molecule has 2 N–H and O–H groups in total. The van der Waals surface area contributed by atoms with Crippen LogP contribution in [0, 0.1) is 5.82 Å². The maximum Gasteiger partial charge on any atom is 0.410 e. The van der Waals surface area contributed by atoms with Gasteiger partial charge in [-0.05, 0) is 49.9 Å². The van der Waals surface area contributed by atoms with E-state index in [0.29, 0.717) is 55.9 Å². The van der Waals surface area contributed by atoms with Gasteiger partial charge in [-0.15, -0.1) is 0 Å². The summed E-state index contributed by atoms with van der Waals surface area (Å²) in [5, 5.41) is 0. The van der Waals surface area contributed by atoms with Crippen LogP contribution in [0.1, 0.15) is 38.7 Å². The summed E-state index contributed by atoms with van der Waals surface area (Å²) < 4.78 is 39.4. The van der Waals surface area contributed by atoms with Gasteiger partial charge in [-0.1, -0.05) is 12.1 Å². The molecule has 10 heteroatoms. The van der Waals surface area contributed by atoms with Crippen molar-refractivity contribution in [3.63, 3.8) is 0 Å². The van der Waals surface area contributed by atoms with Crippen LogP contribution in [0.15, 0.2) is 36.5 Å². The molecule has 0 radical (unpaired) electrons.